The first-order valence-corrected chi connectivity index (χ1v) is 6.22. The third kappa shape index (κ3) is 5.03. The molecule has 20 heavy (non-hydrogen) atoms. The van der Waals surface area contributed by atoms with Crippen molar-refractivity contribution in [3.63, 3.8) is 0 Å². The van der Waals surface area contributed by atoms with Crippen molar-refractivity contribution in [3.05, 3.63) is 47.0 Å². The van der Waals surface area contributed by atoms with Crippen LogP contribution in [0.15, 0.2) is 36.4 Å². The number of hydrogen-bond donors (Lipinski definition) is 1. The Balaban J connectivity index is 2.55. The fourth-order valence-corrected chi connectivity index (χ4v) is 1.35. The highest BCUT2D eigenvalue weighted by atomic mass is 35.5. The molecule has 0 radical (unpaired) electrons. The SMILES string of the molecule is C=C(C)C(=O)OCC(CO)OC(=O)c1ccc(Cl)cc1. The van der Waals surface area contributed by atoms with Gasteiger partial charge < -0.3 is 14.6 Å². The molecule has 1 unspecified atom stereocenters. The minimum absolute atomic E-state index is 0.228. The lowest BCUT2D eigenvalue weighted by Gasteiger charge is -2.15. The molecular weight excluding hydrogens is 284 g/mol. The highest BCUT2D eigenvalue weighted by Crippen LogP contribution is 2.11. The second-order valence-electron chi connectivity index (χ2n) is 4.10. The molecule has 1 N–H and O–H groups in total. The van der Waals surface area contributed by atoms with Crippen LogP contribution >= 0.6 is 11.6 Å². The van der Waals surface area contributed by atoms with Crippen molar-refractivity contribution in [1.82, 2.24) is 0 Å². The third-order valence-corrected chi connectivity index (χ3v) is 2.56. The Morgan fingerprint density at radius 2 is 1.95 bits per heavy atom. The van der Waals surface area contributed by atoms with Gasteiger partial charge in [0.2, 0.25) is 0 Å². The molecule has 1 atom stereocenters. The summed E-state index contributed by atoms with van der Waals surface area (Å²) in [4.78, 5) is 23.0. The van der Waals surface area contributed by atoms with Crippen LogP contribution in [0.1, 0.15) is 17.3 Å². The van der Waals surface area contributed by atoms with E-state index in [1.165, 1.54) is 19.1 Å². The van der Waals surface area contributed by atoms with E-state index in [9.17, 15) is 9.59 Å². The average molecular weight is 299 g/mol. The lowest BCUT2D eigenvalue weighted by atomic mass is 10.2. The van der Waals surface area contributed by atoms with E-state index >= 15 is 0 Å². The molecule has 0 fully saturated rings. The summed E-state index contributed by atoms with van der Waals surface area (Å²) in [5.41, 5.74) is 0.518. The van der Waals surface area contributed by atoms with Gasteiger partial charge in [0, 0.05) is 10.6 Å². The lowest BCUT2D eigenvalue weighted by molar-refractivity contribution is -0.142. The Kier molecular flexibility index (Phi) is 6.21. The first-order valence-electron chi connectivity index (χ1n) is 5.84. The summed E-state index contributed by atoms with van der Waals surface area (Å²) in [5, 5.41) is 9.60. The monoisotopic (exact) mass is 298 g/mol. The summed E-state index contributed by atoms with van der Waals surface area (Å²) >= 11 is 5.71. The number of aliphatic hydroxyl groups is 1. The third-order valence-electron chi connectivity index (χ3n) is 2.31. The molecule has 0 aromatic heterocycles. The molecule has 0 aliphatic heterocycles. The minimum atomic E-state index is -0.929. The maximum atomic E-state index is 11.8. The maximum Gasteiger partial charge on any atom is 0.338 e. The Morgan fingerprint density at radius 1 is 1.35 bits per heavy atom. The van der Waals surface area contributed by atoms with Gasteiger partial charge in [0.05, 0.1) is 12.2 Å². The number of rotatable bonds is 6. The molecular formula is C14H15ClO5. The van der Waals surface area contributed by atoms with Gasteiger partial charge in [-0.2, -0.15) is 0 Å². The second kappa shape index (κ2) is 7.67. The molecule has 1 aromatic carbocycles. The van der Waals surface area contributed by atoms with Crippen LogP contribution in [0.3, 0.4) is 0 Å². The topological polar surface area (TPSA) is 72.8 Å². The molecule has 6 heteroatoms. The molecule has 108 valence electrons. The van der Waals surface area contributed by atoms with Crippen LogP contribution in [0.2, 0.25) is 5.02 Å². The lowest BCUT2D eigenvalue weighted by Crippen LogP contribution is -2.28. The van der Waals surface area contributed by atoms with Crippen LogP contribution in [-0.4, -0.2) is 36.4 Å². The predicted molar refractivity (Wildman–Crippen MR) is 73.5 cm³/mol. The summed E-state index contributed by atoms with van der Waals surface area (Å²) in [5.74, 6) is -1.24. The van der Waals surface area contributed by atoms with Gasteiger partial charge >= 0.3 is 11.9 Å². The number of aliphatic hydroxyl groups excluding tert-OH is 1. The molecule has 1 rings (SSSR count). The number of hydrogen-bond acceptors (Lipinski definition) is 5. The van der Waals surface area contributed by atoms with E-state index in [1.807, 2.05) is 0 Å². The molecule has 0 saturated heterocycles. The molecule has 0 amide bonds. The van der Waals surface area contributed by atoms with Crippen LogP contribution in [-0.2, 0) is 14.3 Å². The van der Waals surface area contributed by atoms with Crippen molar-refractivity contribution in [1.29, 1.82) is 0 Å². The van der Waals surface area contributed by atoms with E-state index in [4.69, 9.17) is 26.2 Å². The summed E-state index contributed by atoms with van der Waals surface area (Å²) < 4.78 is 9.83. The van der Waals surface area contributed by atoms with E-state index in [-0.39, 0.29) is 12.2 Å². The number of ether oxygens (including phenoxy) is 2. The molecule has 0 spiro atoms. The molecule has 0 heterocycles. The molecule has 0 aliphatic rings. The van der Waals surface area contributed by atoms with Crippen LogP contribution in [0.5, 0.6) is 0 Å². The van der Waals surface area contributed by atoms with Gasteiger partial charge in [-0.15, -0.1) is 0 Å². The van der Waals surface area contributed by atoms with Crippen LogP contribution in [0, 0.1) is 0 Å². The fourth-order valence-electron chi connectivity index (χ4n) is 1.22. The van der Waals surface area contributed by atoms with Crippen molar-refractivity contribution < 1.29 is 24.2 Å². The van der Waals surface area contributed by atoms with Crippen LogP contribution < -0.4 is 0 Å². The van der Waals surface area contributed by atoms with Crippen molar-refractivity contribution in [3.8, 4) is 0 Å². The van der Waals surface area contributed by atoms with Gasteiger partial charge in [-0.25, -0.2) is 9.59 Å². The summed E-state index contributed by atoms with van der Waals surface area (Å²) in [6.45, 7) is 4.22. The highest BCUT2D eigenvalue weighted by Gasteiger charge is 2.17. The number of carbonyl (C=O) groups excluding carboxylic acids is 2. The molecule has 0 aliphatic carbocycles. The first-order chi connectivity index (χ1) is 9.43. The Hall–Kier alpha value is -1.85. The molecule has 5 nitrogen and oxygen atoms in total. The number of benzene rings is 1. The van der Waals surface area contributed by atoms with E-state index < -0.39 is 24.6 Å². The summed E-state index contributed by atoms with van der Waals surface area (Å²) in [6, 6.07) is 6.10. The van der Waals surface area contributed by atoms with E-state index in [0.29, 0.717) is 10.6 Å². The van der Waals surface area contributed by atoms with E-state index in [1.54, 1.807) is 12.1 Å². The van der Waals surface area contributed by atoms with Gasteiger partial charge in [0.25, 0.3) is 0 Å². The van der Waals surface area contributed by atoms with Crippen LogP contribution in [0.4, 0.5) is 0 Å². The molecule has 1 aromatic rings. The van der Waals surface area contributed by atoms with Crippen molar-refractivity contribution in [2.75, 3.05) is 13.2 Å². The standard InChI is InChI=1S/C14H15ClO5/c1-9(2)13(17)19-8-12(7-16)20-14(18)10-3-5-11(15)6-4-10/h3-6,12,16H,1,7-8H2,2H3. The zero-order chi connectivity index (χ0) is 15.1. The average Bonchev–Trinajstić information content (AvgIpc) is 2.43. The van der Waals surface area contributed by atoms with Crippen molar-refractivity contribution >= 4 is 23.5 Å². The Labute approximate surface area is 121 Å². The van der Waals surface area contributed by atoms with E-state index in [2.05, 4.69) is 6.58 Å². The second-order valence-corrected chi connectivity index (χ2v) is 4.53. The Bertz CT molecular complexity index is 495. The summed E-state index contributed by atoms with van der Waals surface area (Å²) in [6.07, 6.45) is -0.929. The van der Waals surface area contributed by atoms with Crippen molar-refractivity contribution in [2.24, 2.45) is 0 Å². The number of esters is 2. The largest absolute Gasteiger partial charge is 0.458 e. The van der Waals surface area contributed by atoms with E-state index in [0.717, 1.165) is 0 Å². The minimum Gasteiger partial charge on any atom is -0.458 e. The normalized spacial score (nSPS) is 11.6. The highest BCUT2D eigenvalue weighted by molar-refractivity contribution is 6.30. The van der Waals surface area contributed by atoms with Gasteiger partial charge in [0.1, 0.15) is 6.61 Å². The number of carbonyl (C=O) groups is 2. The molecule has 0 bridgehead atoms. The van der Waals surface area contributed by atoms with Gasteiger partial charge in [-0.05, 0) is 31.2 Å². The van der Waals surface area contributed by atoms with Crippen molar-refractivity contribution in [2.45, 2.75) is 13.0 Å². The zero-order valence-corrected chi connectivity index (χ0v) is 11.7. The van der Waals surface area contributed by atoms with Gasteiger partial charge in [0.15, 0.2) is 6.10 Å². The smallest absolute Gasteiger partial charge is 0.338 e. The van der Waals surface area contributed by atoms with Gasteiger partial charge in [-0.3, -0.25) is 0 Å². The maximum absolute atomic E-state index is 11.8. The zero-order valence-electron chi connectivity index (χ0n) is 11.0. The quantitative estimate of drug-likeness (QED) is 0.642. The molecule has 0 saturated carbocycles. The fraction of sp³-hybridized carbons (Fsp3) is 0.286. The summed E-state index contributed by atoms with van der Waals surface area (Å²) in [7, 11) is 0. The predicted octanol–water partition coefficient (Wildman–Crippen LogP) is 1.98. The number of halogens is 1. The van der Waals surface area contributed by atoms with Gasteiger partial charge in [-0.1, -0.05) is 18.2 Å². The first kappa shape index (κ1) is 16.2. The Morgan fingerprint density at radius 3 is 2.45 bits per heavy atom. The van der Waals surface area contributed by atoms with Crippen LogP contribution in [0.25, 0.3) is 0 Å².